The van der Waals surface area contributed by atoms with E-state index in [1.807, 2.05) is 36.9 Å². The average Bonchev–Trinajstić information content (AvgIpc) is 2.73. The Labute approximate surface area is 118 Å². The van der Waals surface area contributed by atoms with Crippen molar-refractivity contribution in [2.24, 2.45) is 11.3 Å². The van der Waals surface area contributed by atoms with E-state index in [9.17, 15) is 9.59 Å². The van der Waals surface area contributed by atoms with Gasteiger partial charge < -0.3 is 0 Å². The van der Waals surface area contributed by atoms with Gasteiger partial charge in [0.1, 0.15) is 11.6 Å². The summed E-state index contributed by atoms with van der Waals surface area (Å²) < 4.78 is 0. The fraction of sp³-hybridized carbons (Fsp3) is 0.500. The van der Waals surface area contributed by atoms with Gasteiger partial charge in [0.25, 0.3) is 0 Å². The molecule has 0 amide bonds. The average molecular weight is 274 g/mol. The van der Waals surface area contributed by atoms with Gasteiger partial charge in [-0.25, -0.2) is 0 Å². The first kappa shape index (κ1) is 12.9. The molecule has 2 aliphatic rings. The van der Waals surface area contributed by atoms with Crippen LogP contribution in [0.2, 0.25) is 0 Å². The van der Waals surface area contributed by atoms with Crippen LogP contribution in [0.4, 0.5) is 0 Å². The zero-order valence-corrected chi connectivity index (χ0v) is 11.9. The van der Waals surface area contributed by atoms with E-state index in [0.717, 1.165) is 12.8 Å². The van der Waals surface area contributed by atoms with Gasteiger partial charge in [0, 0.05) is 23.0 Å². The summed E-state index contributed by atoms with van der Waals surface area (Å²) in [5.41, 5.74) is -0.690. The third-order valence-electron chi connectivity index (χ3n) is 4.72. The Balaban J connectivity index is 1.85. The Hall–Kier alpha value is -1.09. The Morgan fingerprint density at radius 2 is 1.68 bits per heavy atom. The summed E-state index contributed by atoms with van der Waals surface area (Å²) in [4.78, 5) is 25.5. The lowest BCUT2D eigenvalue weighted by Gasteiger charge is -2.38. The number of Topliss-reactive ketones (excluding diaryl/α,β-unsaturated/α-hetero) is 2. The molecular weight excluding hydrogens is 256 g/mol. The molecule has 3 heteroatoms. The van der Waals surface area contributed by atoms with Crippen LogP contribution in [-0.2, 0) is 9.59 Å². The van der Waals surface area contributed by atoms with E-state index in [1.165, 1.54) is 4.90 Å². The highest BCUT2D eigenvalue weighted by Crippen LogP contribution is 2.52. The minimum atomic E-state index is -0.690. The van der Waals surface area contributed by atoms with Crippen molar-refractivity contribution in [3.63, 3.8) is 0 Å². The molecule has 2 fully saturated rings. The number of carbonyl (C=O) groups excluding carboxylic acids is 2. The zero-order chi connectivity index (χ0) is 13.5. The number of hydrogen-bond acceptors (Lipinski definition) is 3. The Morgan fingerprint density at radius 1 is 1.05 bits per heavy atom. The summed E-state index contributed by atoms with van der Waals surface area (Å²) in [6.07, 6.45) is 2.93. The number of carbonyl (C=O) groups is 2. The molecule has 3 atom stereocenters. The van der Waals surface area contributed by atoms with Crippen molar-refractivity contribution in [1.82, 2.24) is 0 Å². The van der Waals surface area contributed by atoms with Crippen LogP contribution in [0.25, 0.3) is 0 Å². The fourth-order valence-electron chi connectivity index (χ4n) is 3.51. The van der Waals surface area contributed by atoms with Gasteiger partial charge in [-0.3, -0.25) is 9.59 Å². The molecule has 0 unspecified atom stereocenters. The molecule has 0 aromatic heterocycles. The van der Waals surface area contributed by atoms with Crippen LogP contribution in [0.3, 0.4) is 0 Å². The number of ketones is 2. The molecule has 1 aromatic carbocycles. The molecule has 0 aliphatic heterocycles. The minimum absolute atomic E-state index is 0.167. The fourth-order valence-corrected chi connectivity index (χ4v) is 4.98. The number of fused-ring (bicyclic) bond motifs is 1. The maximum absolute atomic E-state index is 12.2. The highest BCUT2D eigenvalue weighted by Gasteiger charge is 2.56. The smallest absolute Gasteiger partial charge is 0.146 e. The molecule has 0 saturated heterocycles. The van der Waals surface area contributed by atoms with Crippen LogP contribution in [0.5, 0.6) is 0 Å². The zero-order valence-electron chi connectivity index (χ0n) is 11.1. The van der Waals surface area contributed by atoms with Gasteiger partial charge in [-0.05, 0) is 37.8 Å². The third kappa shape index (κ3) is 2.04. The Morgan fingerprint density at radius 3 is 2.37 bits per heavy atom. The molecule has 3 rings (SSSR count). The van der Waals surface area contributed by atoms with Crippen molar-refractivity contribution >= 4 is 23.3 Å². The van der Waals surface area contributed by atoms with E-state index in [1.54, 1.807) is 0 Å². The molecular formula is C16H18O2S. The van der Waals surface area contributed by atoms with Gasteiger partial charge >= 0.3 is 0 Å². The van der Waals surface area contributed by atoms with Gasteiger partial charge in [0.15, 0.2) is 0 Å². The van der Waals surface area contributed by atoms with Crippen LogP contribution in [0.1, 0.15) is 32.6 Å². The van der Waals surface area contributed by atoms with E-state index in [0.29, 0.717) is 18.1 Å². The van der Waals surface area contributed by atoms with Gasteiger partial charge in [0.05, 0.1) is 5.41 Å². The van der Waals surface area contributed by atoms with Gasteiger partial charge in [-0.2, -0.15) is 0 Å². The second-order valence-corrected chi connectivity index (χ2v) is 7.01. The van der Waals surface area contributed by atoms with Crippen LogP contribution in [0.15, 0.2) is 35.2 Å². The van der Waals surface area contributed by atoms with Crippen molar-refractivity contribution in [1.29, 1.82) is 0 Å². The highest BCUT2D eigenvalue weighted by molar-refractivity contribution is 8.00. The maximum atomic E-state index is 12.2. The molecule has 0 spiro atoms. The normalized spacial score (nSPS) is 34.4. The van der Waals surface area contributed by atoms with Crippen molar-refractivity contribution in [2.75, 3.05) is 0 Å². The summed E-state index contributed by atoms with van der Waals surface area (Å²) in [6.45, 7) is 1.88. The van der Waals surface area contributed by atoms with Gasteiger partial charge in [-0.15, -0.1) is 11.8 Å². The third-order valence-corrected chi connectivity index (χ3v) is 6.13. The summed E-state index contributed by atoms with van der Waals surface area (Å²) >= 11 is 1.84. The monoisotopic (exact) mass is 274 g/mol. The molecule has 2 nitrogen and oxygen atoms in total. The van der Waals surface area contributed by atoms with E-state index >= 15 is 0 Å². The molecule has 0 bridgehead atoms. The second kappa shape index (κ2) is 4.78. The van der Waals surface area contributed by atoms with Gasteiger partial charge in [-0.1, -0.05) is 18.2 Å². The standard InChI is InChI=1S/C16H18O2S/c1-16-12(7-9-14(16)17)13(8-10-15(16)18)19-11-5-3-2-4-6-11/h2-6,12-13H,7-10H2,1H3/t12-,13+,16+/m1/s1. The lowest BCUT2D eigenvalue weighted by molar-refractivity contribution is -0.141. The summed E-state index contributed by atoms with van der Waals surface area (Å²) in [5, 5.41) is 0.400. The van der Waals surface area contributed by atoms with Crippen molar-refractivity contribution in [2.45, 2.75) is 42.8 Å². The largest absolute Gasteiger partial charge is 0.299 e. The molecule has 0 radical (unpaired) electrons. The minimum Gasteiger partial charge on any atom is -0.299 e. The van der Waals surface area contributed by atoms with Crippen LogP contribution in [-0.4, -0.2) is 16.8 Å². The summed E-state index contributed by atoms with van der Waals surface area (Å²) in [7, 11) is 0. The first-order chi connectivity index (χ1) is 9.12. The SMILES string of the molecule is C[C@]12C(=O)CC[C@H](Sc3ccccc3)[C@H]1CCC2=O. The van der Waals surface area contributed by atoms with E-state index in [2.05, 4.69) is 12.1 Å². The predicted octanol–water partition coefficient (Wildman–Crippen LogP) is 3.50. The quantitative estimate of drug-likeness (QED) is 0.774. The molecule has 2 aliphatic carbocycles. The number of hydrogen-bond donors (Lipinski definition) is 0. The topological polar surface area (TPSA) is 34.1 Å². The van der Waals surface area contributed by atoms with Crippen molar-refractivity contribution in [3.8, 4) is 0 Å². The predicted molar refractivity (Wildman–Crippen MR) is 76.2 cm³/mol. The Bertz CT molecular complexity index is 511. The van der Waals surface area contributed by atoms with Crippen molar-refractivity contribution < 1.29 is 9.59 Å². The molecule has 100 valence electrons. The first-order valence-corrected chi connectivity index (χ1v) is 7.78. The number of thioether (sulfide) groups is 1. The molecule has 0 heterocycles. The van der Waals surface area contributed by atoms with Crippen LogP contribution >= 0.6 is 11.8 Å². The summed E-state index contributed by atoms with van der Waals surface area (Å²) in [6, 6.07) is 10.3. The Kier molecular flexibility index (Phi) is 3.25. The lowest BCUT2D eigenvalue weighted by atomic mass is 9.68. The molecule has 19 heavy (non-hydrogen) atoms. The van der Waals surface area contributed by atoms with E-state index < -0.39 is 5.41 Å². The second-order valence-electron chi connectivity index (χ2n) is 5.70. The van der Waals surface area contributed by atoms with E-state index in [4.69, 9.17) is 0 Å². The summed E-state index contributed by atoms with van der Waals surface area (Å²) in [5.74, 6) is 0.567. The lowest BCUT2D eigenvalue weighted by Crippen LogP contribution is -2.45. The van der Waals surface area contributed by atoms with Crippen LogP contribution in [0, 0.1) is 11.3 Å². The van der Waals surface area contributed by atoms with Gasteiger partial charge in [0.2, 0.25) is 0 Å². The molecule has 2 saturated carbocycles. The van der Waals surface area contributed by atoms with E-state index in [-0.39, 0.29) is 17.5 Å². The number of benzene rings is 1. The first-order valence-electron chi connectivity index (χ1n) is 6.90. The van der Waals surface area contributed by atoms with Crippen LogP contribution < -0.4 is 0 Å². The number of rotatable bonds is 2. The molecule has 0 N–H and O–H groups in total. The molecule has 1 aromatic rings. The maximum Gasteiger partial charge on any atom is 0.146 e. The van der Waals surface area contributed by atoms with Crippen molar-refractivity contribution in [3.05, 3.63) is 30.3 Å². The highest BCUT2D eigenvalue weighted by atomic mass is 32.2.